The van der Waals surface area contributed by atoms with Crippen molar-refractivity contribution in [1.82, 2.24) is 4.98 Å². The summed E-state index contributed by atoms with van der Waals surface area (Å²) in [5, 5.41) is 3.51. The molecule has 26 heavy (non-hydrogen) atoms. The fraction of sp³-hybridized carbons (Fsp3) is 0.0417. The van der Waals surface area contributed by atoms with Crippen LogP contribution in [-0.4, -0.2) is 4.98 Å². The van der Waals surface area contributed by atoms with E-state index in [0.29, 0.717) is 0 Å². The highest BCUT2D eigenvalue weighted by molar-refractivity contribution is 5.74. The highest BCUT2D eigenvalue weighted by atomic mass is 14.9. The van der Waals surface area contributed by atoms with Gasteiger partial charge in [-0.15, -0.1) is 0 Å². The fourth-order valence-corrected chi connectivity index (χ4v) is 2.92. The van der Waals surface area contributed by atoms with Crippen molar-refractivity contribution in [3.05, 3.63) is 103 Å². The minimum atomic E-state index is 0.960. The molecule has 126 valence electrons. The summed E-state index contributed by atoms with van der Waals surface area (Å²) in [4.78, 5) is 4.89. The molecule has 0 atom stereocenters. The predicted molar refractivity (Wildman–Crippen MR) is 110 cm³/mol. The summed E-state index contributed by atoms with van der Waals surface area (Å²) in [6, 6.07) is 33.2. The summed E-state index contributed by atoms with van der Waals surface area (Å²) in [7, 11) is 0. The van der Waals surface area contributed by atoms with E-state index in [9.17, 15) is 0 Å². The van der Waals surface area contributed by atoms with Gasteiger partial charge >= 0.3 is 0 Å². The van der Waals surface area contributed by atoms with Crippen molar-refractivity contribution in [2.45, 2.75) is 6.92 Å². The maximum absolute atomic E-state index is 4.89. The topological polar surface area (TPSA) is 24.9 Å². The summed E-state index contributed by atoms with van der Waals surface area (Å²) in [5.74, 6) is 0. The van der Waals surface area contributed by atoms with E-state index >= 15 is 0 Å². The summed E-state index contributed by atoms with van der Waals surface area (Å²) in [6.45, 7) is 2.09. The third-order valence-electron chi connectivity index (χ3n) is 4.30. The Hall–Kier alpha value is -3.39. The molecule has 0 aliphatic rings. The first-order valence-electron chi connectivity index (χ1n) is 8.74. The van der Waals surface area contributed by atoms with Crippen LogP contribution in [0.5, 0.6) is 0 Å². The lowest BCUT2D eigenvalue weighted by molar-refractivity contribution is 1.32. The van der Waals surface area contributed by atoms with E-state index in [1.807, 2.05) is 36.4 Å². The molecular weight excluding hydrogens is 316 g/mol. The van der Waals surface area contributed by atoms with Crippen molar-refractivity contribution in [2.75, 3.05) is 5.32 Å². The minimum absolute atomic E-state index is 0.960. The van der Waals surface area contributed by atoms with Gasteiger partial charge < -0.3 is 5.32 Å². The van der Waals surface area contributed by atoms with E-state index in [2.05, 4.69) is 72.9 Å². The molecule has 0 fully saturated rings. The number of aromatic nitrogens is 1. The van der Waals surface area contributed by atoms with E-state index in [-0.39, 0.29) is 0 Å². The van der Waals surface area contributed by atoms with Gasteiger partial charge in [0.2, 0.25) is 0 Å². The Kier molecular flexibility index (Phi) is 4.48. The molecule has 0 radical (unpaired) electrons. The third-order valence-corrected chi connectivity index (χ3v) is 4.30. The van der Waals surface area contributed by atoms with Crippen molar-refractivity contribution in [2.24, 2.45) is 0 Å². The zero-order chi connectivity index (χ0) is 17.8. The maximum atomic E-state index is 4.89. The van der Waals surface area contributed by atoms with Gasteiger partial charge in [0.15, 0.2) is 0 Å². The van der Waals surface area contributed by atoms with E-state index < -0.39 is 0 Å². The molecule has 0 bridgehead atoms. The summed E-state index contributed by atoms with van der Waals surface area (Å²) in [5.41, 5.74) is 7.49. The molecule has 0 amide bonds. The number of benzene rings is 3. The van der Waals surface area contributed by atoms with Crippen molar-refractivity contribution in [3.63, 3.8) is 0 Å². The molecule has 3 aromatic carbocycles. The van der Waals surface area contributed by atoms with Crippen LogP contribution in [0.2, 0.25) is 0 Å². The van der Waals surface area contributed by atoms with Crippen LogP contribution in [0, 0.1) is 6.92 Å². The Morgan fingerprint density at radius 3 is 1.58 bits per heavy atom. The molecule has 0 aliphatic carbocycles. The molecule has 4 rings (SSSR count). The molecule has 0 spiro atoms. The average molecular weight is 336 g/mol. The van der Waals surface area contributed by atoms with Crippen LogP contribution in [0.4, 0.5) is 11.4 Å². The third kappa shape index (κ3) is 3.65. The van der Waals surface area contributed by atoms with Gasteiger partial charge in [0.05, 0.1) is 11.4 Å². The maximum Gasteiger partial charge on any atom is 0.0730 e. The smallest absolute Gasteiger partial charge is 0.0730 e. The van der Waals surface area contributed by atoms with Crippen LogP contribution in [0.1, 0.15) is 5.56 Å². The summed E-state index contributed by atoms with van der Waals surface area (Å²) in [6.07, 6.45) is 0. The highest BCUT2D eigenvalue weighted by Crippen LogP contribution is 2.28. The van der Waals surface area contributed by atoms with Crippen LogP contribution in [0.15, 0.2) is 97.1 Å². The molecule has 2 heteroatoms. The van der Waals surface area contributed by atoms with Crippen LogP contribution >= 0.6 is 0 Å². The van der Waals surface area contributed by atoms with Gasteiger partial charge in [0, 0.05) is 22.5 Å². The number of hydrogen-bond acceptors (Lipinski definition) is 2. The molecule has 0 saturated carbocycles. The summed E-state index contributed by atoms with van der Waals surface area (Å²) >= 11 is 0. The Morgan fingerprint density at radius 1 is 0.577 bits per heavy atom. The van der Waals surface area contributed by atoms with Crippen LogP contribution in [0.3, 0.4) is 0 Å². The van der Waals surface area contributed by atoms with Crippen LogP contribution in [0.25, 0.3) is 22.5 Å². The van der Waals surface area contributed by atoms with Gasteiger partial charge in [-0.2, -0.15) is 0 Å². The second-order valence-corrected chi connectivity index (χ2v) is 6.35. The van der Waals surface area contributed by atoms with Gasteiger partial charge in [0.1, 0.15) is 0 Å². The van der Waals surface area contributed by atoms with E-state index in [0.717, 1.165) is 33.9 Å². The quantitative estimate of drug-likeness (QED) is 0.462. The van der Waals surface area contributed by atoms with Gasteiger partial charge in [-0.1, -0.05) is 78.4 Å². The molecule has 0 saturated heterocycles. The predicted octanol–water partition coefficient (Wildman–Crippen LogP) is 6.47. The van der Waals surface area contributed by atoms with Gasteiger partial charge in [-0.25, -0.2) is 4.98 Å². The summed E-state index contributed by atoms with van der Waals surface area (Å²) < 4.78 is 0. The van der Waals surface area contributed by atoms with E-state index in [4.69, 9.17) is 4.98 Å². The van der Waals surface area contributed by atoms with Crippen molar-refractivity contribution >= 4 is 11.4 Å². The van der Waals surface area contributed by atoms with Gasteiger partial charge in [-0.05, 0) is 31.2 Å². The number of hydrogen-bond donors (Lipinski definition) is 1. The van der Waals surface area contributed by atoms with Crippen LogP contribution in [-0.2, 0) is 0 Å². The molecule has 1 heterocycles. The minimum Gasteiger partial charge on any atom is -0.355 e. The number of aryl methyl sites for hydroxylation is 1. The number of anilines is 2. The Morgan fingerprint density at radius 2 is 1.08 bits per heavy atom. The van der Waals surface area contributed by atoms with E-state index in [1.54, 1.807) is 0 Å². The molecule has 2 nitrogen and oxygen atoms in total. The van der Waals surface area contributed by atoms with Crippen LogP contribution < -0.4 is 5.32 Å². The lowest BCUT2D eigenvalue weighted by atomic mass is 10.1. The first-order chi connectivity index (χ1) is 12.8. The van der Waals surface area contributed by atoms with Crippen molar-refractivity contribution in [3.8, 4) is 22.5 Å². The Labute approximate surface area is 154 Å². The lowest BCUT2D eigenvalue weighted by Crippen LogP contribution is -1.95. The number of rotatable bonds is 4. The normalized spacial score (nSPS) is 10.5. The zero-order valence-electron chi connectivity index (χ0n) is 14.7. The number of nitrogens with zero attached hydrogens (tertiary/aromatic N) is 1. The average Bonchev–Trinajstić information content (AvgIpc) is 2.71. The van der Waals surface area contributed by atoms with Gasteiger partial charge in [-0.3, -0.25) is 0 Å². The first-order valence-corrected chi connectivity index (χ1v) is 8.74. The lowest BCUT2D eigenvalue weighted by Gasteiger charge is -2.12. The fourth-order valence-electron chi connectivity index (χ4n) is 2.92. The molecule has 4 aromatic rings. The monoisotopic (exact) mass is 336 g/mol. The Bertz CT molecular complexity index is 934. The molecule has 1 aromatic heterocycles. The first kappa shape index (κ1) is 16.1. The molecule has 0 unspecified atom stereocenters. The highest BCUT2D eigenvalue weighted by Gasteiger charge is 2.07. The zero-order valence-corrected chi connectivity index (χ0v) is 14.7. The van der Waals surface area contributed by atoms with Crippen molar-refractivity contribution in [1.29, 1.82) is 0 Å². The standard InChI is InChI=1S/C24H20N2/c1-18-12-14-21(15-13-18)25-22-16-23(19-8-4-2-5-9-19)26-24(17-22)20-10-6-3-7-11-20/h2-17H,1H3,(H,25,26). The molecule has 0 aliphatic heterocycles. The van der Waals surface area contributed by atoms with E-state index in [1.165, 1.54) is 5.56 Å². The second-order valence-electron chi connectivity index (χ2n) is 6.35. The molecule has 1 N–H and O–H groups in total. The SMILES string of the molecule is Cc1ccc(Nc2cc(-c3ccccc3)nc(-c3ccccc3)c2)cc1. The van der Waals surface area contributed by atoms with Gasteiger partial charge in [0.25, 0.3) is 0 Å². The van der Waals surface area contributed by atoms with Crippen molar-refractivity contribution < 1.29 is 0 Å². The number of pyridine rings is 1. The number of nitrogens with one attached hydrogen (secondary N) is 1. The second kappa shape index (κ2) is 7.24. The largest absolute Gasteiger partial charge is 0.355 e. The Balaban J connectivity index is 1.78. The molecular formula is C24H20N2.